The van der Waals surface area contributed by atoms with Crippen LogP contribution in [0.2, 0.25) is 0 Å². The van der Waals surface area contributed by atoms with Crippen LogP contribution < -0.4 is 10.1 Å². The SMILES string of the molecule is CCC(C)SC(C)C(NC)c1ccc(OC)cc1. The van der Waals surface area contributed by atoms with E-state index in [2.05, 4.69) is 38.2 Å². The molecule has 1 rings (SSSR count). The molecule has 0 bridgehead atoms. The molecule has 0 amide bonds. The Hall–Kier alpha value is -0.670. The minimum absolute atomic E-state index is 0.384. The first-order chi connectivity index (χ1) is 8.62. The van der Waals surface area contributed by atoms with Crippen LogP contribution in [0.5, 0.6) is 5.75 Å². The molecule has 1 aromatic rings. The standard InChI is InChI=1S/C15H25NOS/c1-6-11(2)18-12(3)15(16-4)13-7-9-14(17-5)10-8-13/h7-12,15-16H,6H2,1-5H3. The highest BCUT2D eigenvalue weighted by molar-refractivity contribution is 8.00. The maximum absolute atomic E-state index is 5.20. The fourth-order valence-electron chi connectivity index (χ4n) is 2.02. The van der Waals surface area contributed by atoms with Crippen LogP contribution >= 0.6 is 11.8 Å². The third kappa shape index (κ3) is 4.21. The van der Waals surface area contributed by atoms with E-state index in [0.717, 1.165) is 5.75 Å². The first-order valence-electron chi connectivity index (χ1n) is 6.59. The molecular weight excluding hydrogens is 242 g/mol. The molecule has 0 aliphatic heterocycles. The van der Waals surface area contributed by atoms with Gasteiger partial charge in [-0.15, -0.1) is 0 Å². The summed E-state index contributed by atoms with van der Waals surface area (Å²) in [5.74, 6) is 0.913. The Morgan fingerprint density at radius 3 is 2.28 bits per heavy atom. The molecule has 0 saturated carbocycles. The molecule has 3 heteroatoms. The van der Waals surface area contributed by atoms with Crippen molar-refractivity contribution in [2.75, 3.05) is 14.2 Å². The van der Waals surface area contributed by atoms with E-state index in [-0.39, 0.29) is 0 Å². The van der Waals surface area contributed by atoms with Crippen molar-refractivity contribution in [1.82, 2.24) is 5.32 Å². The smallest absolute Gasteiger partial charge is 0.118 e. The van der Waals surface area contributed by atoms with Gasteiger partial charge in [0.2, 0.25) is 0 Å². The summed E-state index contributed by atoms with van der Waals surface area (Å²) in [7, 11) is 3.73. The molecule has 0 aliphatic carbocycles. The summed E-state index contributed by atoms with van der Waals surface area (Å²) in [6.45, 7) is 6.83. The molecule has 1 aromatic carbocycles. The van der Waals surface area contributed by atoms with Crippen LogP contribution in [0.15, 0.2) is 24.3 Å². The molecular formula is C15H25NOS. The lowest BCUT2D eigenvalue weighted by Crippen LogP contribution is -2.26. The number of hydrogen-bond acceptors (Lipinski definition) is 3. The van der Waals surface area contributed by atoms with E-state index < -0.39 is 0 Å². The highest BCUT2D eigenvalue weighted by Crippen LogP contribution is 2.30. The zero-order valence-electron chi connectivity index (χ0n) is 12.1. The van der Waals surface area contributed by atoms with E-state index in [0.29, 0.717) is 16.5 Å². The predicted molar refractivity (Wildman–Crippen MR) is 81.6 cm³/mol. The van der Waals surface area contributed by atoms with Crippen molar-refractivity contribution < 1.29 is 4.74 Å². The number of rotatable bonds is 7. The van der Waals surface area contributed by atoms with Crippen molar-refractivity contribution in [1.29, 1.82) is 0 Å². The number of benzene rings is 1. The van der Waals surface area contributed by atoms with E-state index in [4.69, 9.17) is 4.74 Å². The normalized spacial score (nSPS) is 16.1. The van der Waals surface area contributed by atoms with Crippen LogP contribution in [-0.4, -0.2) is 24.7 Å². The molecule has 1 N–H and O–H groups in total. The van der Waals surface area contributed by atoms with Gasteiger partial charge in [0.05, 0.1) is 7.11 Å². The number of methoxy groups -OCH3 is 1. The van der Waals surface area contributed by atoms with E-state index in [9.17, 15) is 0 Å². The second-order valence-electron chi connectivity index (χ2n) is 4.60. The Morgan fingerprint density at radius 1 is 1.22 bits per heavy atom. The lowest BCUT2D eigenvalue weighted by Gasteiger charge is -2.26. The Balaban J connectivity index is 2.74. The fraction of sp³-hybridized carbons (Fsp3) is 0.600. The Kier molecular flexibility index (Phi) is 6.58. The van der Waals surface area contributed by atoms with Gasteiger partial charge >= 0.3 is 0 Å². The first-order valence-corrected chi connectivity index (χ1v) is 7.53. The largest absolute Gasteiger partial charge is 0.497 e. The Labute approximate surface area is 116 Å². The lowest BCUT2D eigenvalue weighted by molar-refractivity contribution is 0.414. The Morgan fingerprint density at radius 2 is 1.83 bits per heavy atom. The molecule has 0 heterocycles. The van der Waals surface area contributed by atoms with Crippen molar-refractivity contribution >= 4 is 11.8 Å². The minimum Gasteiger partial charge on any atom is -0.497 e. The highest BCUT2D eigenvalue weighted by Gasteiger charge is 2.19. The number of ether oxygens (including phenoxy) is 1. The molecule has 3 unspecified atom stereocenters. The maximum Gasteiger partial charge on any atom is 0.118 e. The first kappa shape index (κ1) is 15.4. The molecule has 18 heavy (non-hydrogen) atoms. The van der Waals surface area contributed by atoms with Crippen LogP contribution in [0.3, 0.4) is 0 Å². The molecule has 0 aliphatic rings. The van der Waals surface area contributed by atoms with Crippen LogP contribution in [0, 0.1) is 0 Å². The van der Waals surface area contributed by atoms with Crippen molar-refractivity contribution in [2.45, 2.75) is 43.7 Å². The fourth-order valence-corrected chi connectivity index (χ4v) is 3.40. The average molecular weight is 267 g/mol. The maximum atomic E-state index is 5.20. The summed E-state index contributed by atoms with van der Waals surface area (Å²) in [5, 5.41) is 4.68. The summed E-state index contributed by atoms with van der Waals surface area (Å²) in [5.41, 5.74) is 1.32. The zero-order chi connectivity index (χ0) is 13.5. The van der Waals surface area contributed by atoms with Crippen LogP contribution in [0.1, 0.15) is 38.8 Å². The van der Waals surface area contributed by atoms with E-state index in [1.165, 1.54) is 12.0 Å². The van der Waals surface area contributed by atoms with Gasteiger partial charge in [-0.25, -0.2) is 0 Å². The van der Waals surface area contributed by atoms with Crippen LogP contribution in [0.4, 0.5) is 0 Å². The number of thioether (sulfide) groups is 1. The molecule has 0 fully saturated rings. The molecule has 0 radical (unpaired) electrons. The third-order valence-corrected chi connectivity index (χ3v) is 4.78. The molecule has 0 spiro atoms. The lowest BCUT2D eigenvalue weighted by atomic mass is 10.0. The van der Waals surface area contributed by atoms with Gasteiger partial charge in [0.15, 0.2) is 0 Å². The molecule has 102 valence electrons. The van der Waals surface area contributed by atoms with Gasteiger partial charge in [0, 0.05) is 16.5 Å². The van der Waals surface area contributed by atoms with Gasteiger partial charge in [0.25, 0.3) is 0 Å². The quantitative estimate of drug-likeness (QED) is 0.810. The van der Waals surface area contributed by atoms with Crippen LogP contribution in [0.25, 0.3) is 0 Å². The summed E-state index contributed by atoms with van der Waals surface area (Å²) in [6, 6.07) is 8.73. The summed E-state index contributed by atoms with van der Waals surface area (Å²) in [4.78, 5) is 0. The van der Waals surface area contributed by atoms with Gasteiger partial charge in [-0.1, -0.05) is 32.9 Å². The average Bonchev–Trinajstić information content (AvgIpc) is 2.40. The van der Waals surface area contributed by atoms with Gasteiger partial charge in [0.1, 0.15) is 5.75 Å². The third-order valence-electron chi connectivity index (χ3n) is 3.28. The molecule has 0 aromatic heterocycles. The van der Waals surface area contributed by atoms with Crippen molar-refractivity contribution in [2.24, 2.45) is 0 Å². The number of hydrogen-bond donors (Lipinski definition) is 1. The number of nitrogens with one attached hydrogen (secondary N) is 1. The monoisotopic (exact) mass is 267 g/mol. The van der Waals surface area contributed by atoms with Crippen molar-refractivity contribution in [3.63, 3.8) is 0 Å². The van der Waals surface area contributed by atoms with Gasteiger partial charge in [-0.05, 0) is 31.2 Å². The highest BCUT2D eigenvalue weighted by atomic mass is 32.2. The second kappa shape index (κ2) is 7.70. The zero-order valence-corrected chi connectivity index (χ0v) is 12.9. The minimum atomic E-state index is 0.384. The Bertz CT molecular complexity index is 339. The predicted octanol–water partition coefficient (Wildman–Crippen LogP) is 3.88. The summed E-state index contributed by atoms with van der Waals surface area (Å²) >= 11 is 2.04. The van der Waals surface area contributed by atoms with Gasteiger partial charge in [-0.2, -0.15) is 11.8 Å². The summed E-state index contributed by atoms with van der Waals surface area (Å²) in [6.07, 6.45) is 1.22. The van der Waals surface area contributed by atoms with Crippen LogP contribution in [-0.2, 0) is 0 Å². The van der Waals surface area contributed by atoms with Crippen molar-refractivity contribution in [3.8, 4) is 5.75 Å². The van der Waals surface area contributed by atoms with E-state index in [1.807, 2.05) is 30.9 Å². The topological polar surface area (TPSA) is 21.3 Å². The van der Waals surface area contributed by atoms with Gasteiger partial charge in [-0.3, -0.25) is 0 Å². The molecule has 0 saturated heterocycles. The van der Waals surface area contributed by atoms with E-state index in [1.54, 1.807) is 7.11 Å². The molecule has 3 atom stereocenters. The molecule has 2 nitrogen and oxygen atoms in total. The van der Waals surface area contributed by atoms with Crippen molar-refractivity contribution in [3.05, 3.63) is 29.8 Å². The van der Waals surface area contributed by atoms with Gasteiger partial charge < -0.3 is 10.1 Å². The van der Waals surface area contributed by atoms with E-state index >= 15 is 0 Å². The summed E-state index contributed by atoms with van der Waals surface area (Å²) < 4.78 is 5.20. The second-order valence-corrected chi connectivity index (χ2v) is 6.42.